The zero-order valence-corrected chi connectivity index (χ0v) is 11.1. The summed E-state index contributed by atoms with van der Waals surface area (Å²) < 4.78 is 4.77. The lowest BCUT2D eigenvalue weighted by Gasteiger charge is -2.08. The molecule has 0 bridgehead atoms. The van der Waals surface area contributed by atoms with E-state index in [4.69, 9.17) is 16.3 Å². The van der Waals surface area contributed by atoms with Crippen LogP contribution in [0.1, 0.15) is 35.1 Å². The van der Waals surface area contributed by atoms with Gasteiger partial charge in [-0.25, -0.2) is 4.79 Å². The third-order valence-corrected chi connectivity index (χ3v) is 2.87. The van der Waals surface area contributed by atoms with Crippen LogP contribution < -0.4 is 0 Å². The predicted octanol–water partition coefficient (Wildman–Crippen LogP) is 2.64. The van der Waals surface area contributed by atoms with Gasteiger partial charge in [0.2, 0.25) is 0 Å². The molecular formula is C12H12ClNO5. The number of carbonyl (C=O) groups is 2. The molecule has 1 unspecified atom stereocenters. The zero-order valence-electron chi connectivity index (χ0n) is 10.4. The number of nitrogens with zero attached hydrogens (tertiary/aromatic N) is 1. The molecule has 0 amide bonds. The average Bonchev–Trinajstić information content (AvgIpc) is 2.37. The van der Waals surface area contributed by atoms with Gasteiger partial charge in [-0.15, -0.1) is 11.6 Å². The molecule has 0 saturated heterocycles. The second-order valence-electron chi connectivity index (χ2n) is 3.76. The van der Waals surface area contributed by atoms with Crippen LogP contribution >= 0.6 is 11.6 Å². The molecule has 0 spiro atoms. The lowest BCUT2D eigenvalue weighted by atomic mass is 10.0. The van der Waals surface area contributed by atoms with Gasteiger partial charge in [0.1, 0.15) is 5.38 Å². The fourth-order valence-electron chi connectivity index (χ4n) is 1.45. The van der Waals surface area contributed by atoms with E-state index in [2.05, 4.69) is 0 Å². The molecule has 0 aromatic heterocycles. The van der Waals surface area contributed by atoms with Crippen molar-refractivity contribution in [1.29, 1.82) is 0 Å². The van der Waals surface area contributed by atoms with Gasteiger partial charge in [0, 0.05) is 12.1 Å². The number of Topliss-reactive ketones (excluding diaryl/α,β-unsaturated/α-hetero) is 1. The molecule has 7 heteroatoms. The molecule has 1 aromatic rings. The van der Waals surface area contributed by atoms with E-state index in [0.29, 0.717) is 0 Å². The Hall–Kier alpha value is -1.95. The van der Waals surface area contributed by atoms with E-state index < -0.39 is 16.3 Å². The normalized spacial score (nSPS) is 11.7. The SMILES string of the molecule is CCOC(=O)c1cc(C(Cl)C(C)=O)cc([N+](=O)[O-])c1. The molecule has 0 heterocycles. The number of nitro benzene ring substituents is 1. The van der Waals surface area contributed by atoms with Crippen LogP contribution in [0.3, 0.4) is 0 Å². The highest BCUT2D eigenvalue weighted by Gasteiger charge is 2.21. The first kappa shape index (κ1) is 15.1. The van der Waals surface area contributed by atoms with Crippen molar-refractivity contribution in [1.82, 2.24) is 0 Å². The van der Waals surface area contributed by atoms with E-state index in [1.54, 1.807) is 6.92 Å². The minimum absolute atomic E-state index is 0.00190. The van der Waals surface area contributed by atoms with Crippen LogP contribution in [-0.2, 0) is 9.53 Å². The highest BCUT2D eigenvalue weighted by atomic mass is 35.5. The van der Waals surface area contributed by atoms with Crippen LogP contribution in [0.5, 0.6) is 0 Å². The molecule has 1 rings (SSSR count). The third-order valence-electron chi connectivity index (χ3n) is 2.31. The molecule has 1 aromatic carbocycles. The van der Waals surface area contributed by atoms with Gasteiger partial charge in [-0.05, 0) is 25.5 Å². The molecule has 19 heavy (non-hydrogen) atoms. The second kappa shape index (κ2) is 6.29. The molecule has 0 fully saturated rings. The quantitative estimate of drug-likeness (QED) is 0.359. The number of esters is 1. The third kappa shape index (κ3) is 3.75. The summed E-state index contributed by atoms with van der Waals surface area (Å²) in [5.74, 6) is -1.06. The molecule has 0 aliphatic rings. The van der Waals surface area contributed by atoms with Crippen LogP contribution in [0, 0.1) is 10.1 Å². The van der Waals surface area contributed by atoms with Gasteiger partial charge in [0.05, 0.1) is 17.1 Å². The highest BCUT2D eigenvalue weighted by molar-refractivity contribution is 6.30. The zero-order chi connectivity index (χ0) is 14.6. The number of hydrogen-bond acceptors (Lipinski definition) is 5. The monoisotopic (exact) mass is 285 g/mol. The minimum Gasteiger partial charge on any atom is -0.462 e. The standard InChI is InChI=1S/C12H12ClNO5/c1-3-19-12(16)9-4-8(11(13)7(2)15)5-10(6-9)14(17)18/h4-6,11H,3H2,1-2H3. The summed E-state index contributed by atoms with van der Waals surface area (Å²) >= 11 is 5.85. The number of benzene rings is 1. The maximum atomic E-state index is 11.6. The van der Waals surface area contributed by atoms with E-state index in [1.807, 2.05) is 0 Å². The second-order valence-corrected chi connectivity index (χ2v) is 4.20. The molecule has 102 valence electrons. The highest BCUT2D eigenvalue weighted by Crippen LogP contribution is 2.27. The molecule has 0 N–H and O–H groups in total. The smallest absolute Gasteiger partial charge is 0.338 e. The van der Waals surface area contributed by atoms with E-state index in [1.165, 1.54) is 19.1 Å². The minimum atomic E-state index is -1.03. The number of rotatable bonds is 5. The Balaban J connectivity index is 3.29. The van der Waals surface area contributed by atoms with Crippen LogP contribution in [-0.4, -0.2) is 23.3 Å². The first-order valence-electron chi connectivity index (χ1n) is 5.47. The molecule has 0 saturated carbocycles. The van der Waals surface area contributed by atoms with Crippen molar-refractivity contribution in [2.24, 2.45) is 0 Å². The number of alkyl halides is 1. The van der Waals surface area contributed by atoms with E-state index in [0.717, 1.165) is 6.07 Å². The van der Waals surface area contributed by atoms with Crippen molar-refractivity contribution in [2.75, 3.05) is 6.61 Å². The Morgan fingerprint density at radius 3 is 2.53 bits per heavy atom. The van der Waals surface area contributed by atoms with Gasteiger partial charge < -0.3 is 4.74 Å². The summed E-state index contributed by atoms with van der Waals surface area (Å²) in [6.45, 7) is 3.03. The number of ketones is 1. The maximum Gasteiger partial charge on any atom is 0.338 e. The average molecular weight is 286 g/mol. The first-order chi connectivity index (χ1) is 8.86. The number of carbonyl (C=O) groups excluding carboxylic acids is 2. The van der Waals surface area contributed by atoms with E-state index in [-0.39, 0.29) is 29.2 Å². The summed E-state index contributed by atoms with van der Waals surface area (Å²) in [7, 11) is 0. The largest absolute Gasteiger partial charge is 0.462 e. The van der Waals surface area contributed by atoms with Gasteiger partial charge in [0.15, 0.2) is 5.78 Å². The molecule has 0 aliphatic heterocycles. The lowest BCUT2D eigenvalue weighted by Crippen LogP contribution is -2.08. The van der Waals surface area contributed by atoms with Crippen molar-refractivity contribution in [3.63, 3.8) is 0 Å². The van der Waals surface area contributed by atoms with Gasteiger partial charge in [-0.3, -0.25) is 14.9 Å². The van der Waals surface area contributed by atoms with Gasteiger partial charge in [0.25, 0.3) is 5.69 Å². The molecule has 6 nitrogen and oxygen atoms in total. The topological polar surface area (TPSA) is 86.5 Å². The Bertz CT molecular complexity index is 529. The fraction of sp³-hybridized carbons (Fsp3) is 0.333. The summed E-state index contributed by atoms with van der Waals surface area (Å²) in [4.78, 5) is 33.0. The summed E-state index contributed by atoms with van der Waals surface area (Å²) in [6.07, 6.45) is 0. The molecule has 0 radical (unpaired) electrons. The Morgan fingerprint density at radius 1 is 1.42 bits per heavy atom. The van der Waals surface area contributed by atoms with Crippen LogP contribution in [0.2, 0.25) is 0 Å². The van der Waals surface area contributed by atoms with Gasteiger partial charge in [-0.1, -0.05) is 0 Å². The van der Waals surface area contributed by atoms with Crippen molar-refractivity contribution in [2.45, 2.75) is 19.2 Å². The lowest BCUT2D eigenvalue weighted by molar-refractivity contribution is -0.384. The number of non-ortho nitro benzene ring substituents is 1. The molecular weight excluding hydrogens is 274 g/mol. The Kier molecular flexibility index (Phi) is 5.00. The maximum absolute atomic E-state index is 11.6. The number of hydrogen-bond donors (Lipinski definition) is 0. The van der Waals surface area contributed by atoms with E-state index >= 15 is 0 Å². The van der Waals surface area contributed by atoms with Crippen molar-refractivity contribution < 1.29 is 19.2 Å². The Labute approximate surface area is 114 Å². The Morgan fingerprint density at radius 2 is 2.05 bits per heavy atom. The number of nitro groups is 1. The van der Waals surface area contributed by atoms with Gasteiger partial charge in [-0.2, -0.15) is 0 Å². The van der Waals surface area contributed by atoms with Crippen molar-refractivity contribution in [3.05, 3.63) is 39.4 Å². The summed E-state index contributed by atoms with van der Waals surface area (Å²) in [6, 6.07) is 3.58. The molecule has 1 atom stereocenters. The van der Waals surface area contributed by atoms with E-state index in [9.17, 15) is 19.7 Å². The molecule has 0 aliphatic carbocycles. The number of ether oxygens (including phenoxy) is 1. The predicted molar refractivity (Wildman–Crippen MR) is 68.3 cm³/mol. The van der Waals surface area contributed by atoms with Crippen LogP contribution in [0.4, 0.5) is 5.69 Å². The summed E-state index contributed by atoms with van der Waals surface area (Å²) in [5.41, 5.74) is -0.114. The number of halogens is 1. The first-order valence-corrected chi connectivity index (χ1v) is 5.91. The fourth-order valence-corrected chi connectivity index (χ4v) is 1.58. The van der Waals surface area contributed by atoms with Crippen molar-refractivity contribution in [3.8, 4) is 0 Å². The van der Waals surface area contributed by atoms with Gasteiger partial charge >= 0.3 is 5.97 Å². The van der Waals surface area contributed by atoms with Crippen LogP contribution in [0.15, 0.2) is 18.2 Å². The van der Waals surface area contributed by atoms with Crippen LogP contribution in [0.25, 0.3) is 0 Å². The summed E-state index contributed by atoms with van der Waals surface area (Å²) in [5, 5.41) is 9.77. The van der Waals surface area contributed by atoms with Crippen molar-refractivity contribution >= 4 is 29.0 Å².